The van der Waals surface area contributed by atoms with Gasteiger partial charge in [0.05, 0.1) is 24.7 Å². The highest BCUT2D eigenvalue weighted by Crippen LogP contribution is 2.28. The molecule has 0 saturated heterocycles. The monoisotopic (exact) mass is 484 g/mol. The van der Waals surface area contributed by atoms with Gasteiger partial charge in [-0.1, -0.05) is 36.4 Å². The third kappa shape index (κ3) is 6.49. The number of hydrogen-bond donors (Lipinski definition) is 3. The molecule has 0 amide bonds. The lowest BCUT2D eigenvalue weighted by molar-refractivity contribution is 0.0697. The van der Waals surface area contributed by atoms with Crippen LogP contribution >= 0.6 is 0 Å². The Kier molecular flexibility index (Phi) is 8.50. The summed E-state index contributed by atoms with van der Waals surface area (Å²) >= 11 is 0. The lowest BCUT2D eigenvalue weighted by Gasteiger charge is -2.13. The zero-order valence-corrected chi connectivity index (χ0v) is 19.9. The first-order chi connectivity index (χ1) is 16.3. The van der Waals surface area contributed by atoms with Crippen molar-refractivity contribution in [3.63, 3.8) is 0 Å². The van der Waals surface area contributed by atoms with Gasteiger partial charge in [0, 0.05) is 18.8 Å². The number of carboxylic acids is 1. The minimum atomic E-state index is -3.85. The van der Waals surface area contributed by atoms with Gasteiger partial charge in [-0.05, 0) is 54.3 Å². The van der Waals surface area contributed by atoms with Crippen molar-refractivity contribution < 1.29 is 27.8 Å². The summed E-state index contributed by atoms with van der Waals surface area (Å²) in [6.45, 7) is 0.650. The highest BCUT2D eigenvalue weighted by Gasteiger charge is 2.19. The molecule has 34 heavy (non-hydrogen) atoms. The maximum absolute atomic E-state index is 12.7. The van der Waals surface area contributed by atoms with E-state index in [4.69, 9.17) is 9.47 Å². The van der Waals surface area contributed by atoms with Crippen LogP contribution in [-0.2, 0) is 22.9 Å². The molecule has 3 aromatic carbocycles. The molecule has 3 rings (SSSR count). The smallest absolute Gasteiger partial charge is 0.337 e. The van der Waals surface area contributed by atoms with Crippen molar-refractivity contribution in [1.82, 2.24) is 4.72 Å². The molecule has 0 saturated carbocycles. The van der Waals surface area contributed by atoms with E-state index in [1.807, 2.05) is 42.5 Å². The highest BCUT2D eigenvalue weighted by molar-refractivity contribution is 7.89. The van der Waals surface area contributed by atoms with Crippen LogP contribution in [0.2, 0.25) is 0 Å². The Hall–Kier alpha value is -3.56. The summed E-state index contributed by atoms with van der Waals surface area (Å²) in [4.78, 5) is 11.7. The molecule has 0 aliphatic heterocycles. The van der Waals surface area contributed by atoms with Gasteiger partial charge in [0.15, 0.2) is 11.5 Å². The van der Waals surface area contributed by atoms with Gasteiger partial charge in [-0.3, -0.25) is 0 Å². The van der Waals surface area contributed by atoms with Crippen LogP contribution in [0.5, 0.6) is 11.5 Å². The quantitative estimate of drug-likeness (QED) is 0.360. The van der Waals surface area contributed by atoms with E-state index in [0.29, 0.717) is 36.6 Å². The predicted molar refractivity (Wildman–Crippen MR) is 130 cm³/mol. The first kappa shape index (κ1) is 25.1. The Morgan fingerprint density at radius 1 is 0.853 bits per heavy atom. The number of ether oxygens (including phenoxy) is 2. The van der Waals surface area contributed by atoms with Gasteiger partial charge in [-0.2, -0.15) is 0 Å². The molecule has 180 valence electrons. The molecule has 0 aromatic heterocycles. The van der Waals surface area contributed by atoms with Crippen LogP contribution in [0.4, 0.5) is 5.69 Å². The van der Waals surface area contributed by atoms with Crippen molar-refractivity contribution in [3.05, 3.63) is 83.4 Å². The minimum absolute atomic E-state index is 0.0941. The molecule has 0 atom stereocenters. The van der Waals surface area contributed by atoms with Crippen molar-refractivity contribution in [1.29, 1.82) is 0 Å². The fourth-order valence-electron chi connectivity index (χ4n) is 3.46. The lowest BCUT2D eigenvalue weighted by atomic mass is 10.1. The Bertz CT molecular complexity index is 1230. The van der Waals surface area contributed by atoms with Gasteiger partial charge in [0.1, 0.15) is 0 Å². The largest absolute Gasteiger partial charge is 0.493 e. The summed E-state index contributed by atoms with van der Waals surface area (Å²) < 4.78 is 38.4. The van der Waals surface area contributed by atoms with Crippen LogP contribution in [0, 0.1) is 0 Å². The molecule has 0 aliphatic carbocycles. The summed E-state index contributed by atoms with van der Waals surface area (Å²) in [6, 6.07) is 19.1. The minimum Gasteiger partial charge on any atom is -0.493 e. The van der Waals surface area contributed by atoms with E-state index in [9.17, 15) is 18.3 Å². The van der Waals surface area contributed by atoms with Crippen LogP contribution in [0.3, 0.4) is 0 Å². The molecule has 0 aliphatic rings. The zero-order chi connectivity index (χ0) is 24.6. The first-order valence-electron chi connectivity index (χ1n) is 10.7. The number of carboxylic acid groups (broad SMARTS) is 1. The molecular weight excluding hydrogens is 456 g/mol. The fraction of sp³-hybridized carbons (Fsp3) is 0.240. The second-order valence-electron chi connectivity index (χ2n) is 7.51. The summed E-state index contributed by atoms with van der Waals surface area (Å²) in [5, 5.41) is 12.7. The van der Waals surface area contributed by atoms with E-state index in [0.717, 1.165) is 11.1 Å². The van der Waals surface area contributed by atoms with Crippen molar-refractivity contribution in [3.8, 4) is 11.5 Å². The molecule has 0 bridgehead atoms. The van der Waals surface area contributed by atoms with Crippen LogP contribution in [-0.4, -0.2) is 46.8 Å². The van der Waals surface area contributed by atoms with Crippen LogP contribution in [0.15, 0.2) is 71.6 Å². The normalized spacial score (nSPS) is 11.1. The number of methoxy groups -OCH3 is 2. The van der Waals surface area contributed by atoms with Gasteiger partial charge in [-0.15, -0.1) is 0 Å². The Labute approximate surface area is 199 Å². The number of benzene rings is 3. The third-order valence-electron chi connectivity index (χ3n) is 5.26. The van der Waals surface area contributed by atoms with E-state index in [-0.39, 0.29) is 17.0 Å². The Balaban J connectivity index is 1.66. The first-order valence-corrected chi connectivity index (χ1v) is 12.2. The number of hydrogen-bond acceptors (Lipinski definition) is 6. The summed E-state index contributed by atoms with van der Waals surface area (Å²) in [5.74, 6) is 0.0250. The van der Waals surface area contributed by atoms with Crippen molar-refractivity contribution in [2.45, 2.75) is 17.7 Å². The number of sulfonamides is 1. The molecule has 0 radical (unpaired) electrons. The molecule has 0 unspecified atom stereocenters. The molecule has 9 heteroatoms. The number of carbonyl (C=O) groups is 1. The van der Waals surface area contributed by atoms with Crippen LogP contribution in [0.1, 0.15) is 21.5 Å². The van der Waals surface area contributed by atoms with Gasteiger partial charge in [-0.25, -0.2) is 17.9 Å². The van der Waals surface area contributed by atoms with E-state index in [1.54, 1.807) is 20.3 Å². The van der Waals surface area contributed by atoms with Crippen molar-refractivity contribution in [2.75, 3.05) is 32.6 Å². The molecule has 3 aromatic rings. The van der Waals surface area contributed by atoms with Gasteiger partial charge in [0.2, 0.25) is 10.0 Å². The number of rotatable bonds is 12. The molecule has 8 nitrogen and oxygen atoms in total. The SMILES string of the molecule is COc1ccc(CCNc2ccc(S(=O)(=O)NCCc3ccccc3)cc2C(=O)O)cc1OC. The average molecular weight is 485 g/mol. The van der Waals surface area contributed by atoms with Crippen molar-refractivity contribution >= 4 is 21.7 Å². The van der Waals surface area contributed by atoms with Crippen LogP contribution in [0.25, 0.3) is 0 Å². The number of aromatic carboxylic acids is 1. The Morgan fingerprint density at radius 2 is 1.56 bits per heavy atom. The second kappa shape index (κ2) is 11.5. The standard InChI is InChI=1S/C25H28N2O6S/c1-32-23-11-8-19(16-24(23)33-2)12-14-26-22-10-9-20(17-21(22)25(28)29)34(30,31)27-15-13-18-6-4-3-5-7-18/h3-11,16-17,26-27H,12-15H2,1-2H3,(H,28,29). The van der Waals surface area contributed by atoms with E-state index >= 15 is 0 Å². The lowest BCUT2D eigenvalue weighted by Crippen LogP contribution is -2.26. The summed E-state index contributed by atoms with van der Waals surface area (Å²) in [6.07, 6.45) is 1.13. The van der Waals surface area contributed by atoms with Gasteiger partial charge < -0.3 is 19.9 Å². The Morgan fingerprint density at radius 3 is 2.24 bits per heavy atom. The van der Waals surface area contributed by atoms with E-state index in [2.05, 4.69) is 10.0 Å². The number of nitrogens with one attached hydrogen (secondary N) is 2. The molecule has 0 fully saturated rings. The fourth-order valence-corrected chi connectivity index (χ4v) is 4.51. The van der Waals surface area contributed by atoms with E-state index in [1.165, 1.54) is 18.2 Å². The highest BCUT2D eigenvalue weighted by atomic mass is 32.2. The topological polar surface area (TPSA) is 114 Å². The number of anilines is 1. The second-order valence-corrected chi connectivity index (χ2v) is 9.28. The van der Waals surface area contributed by atoms with E-state index < -0.39 is 16.0 Å². The summed E-state index contributed by atoms with van der Waals surface area (Å²) in [7, 11) is -0.723. The molecular formula is C25H28N2O6S. The molecule has 0 spiro atoms. The van der Waals surface area contributed by atoms with Gasteiger partial charge >= 0.3 is 5.97 Å². The molecule has 3 N–H and O–H groups in total. The summed E-state index contributed by atoms with van der Waals surface area (Å²) in [5.41, 5.74) is 2.21. The average Bonchev–Trinajstić information content (AvgIpc) is 2.84. The zero-order valence-electron chi connectivity index (χ0n) is 19.1. The van der Waals surface area contributed by atoms with Crippen LogP contribution < -0.4 is 19.5 Å². The van der Waals surface area contributed by atoms with Gasteiger partial charge in [0.25, 0.3) is 0 Å². The predicted octanol–water partition coefficient (Wildman–Crippen LogP) is 3.58. The maximum atomic E-state index is 12.7. The maximum Gasteiger partial charge on any atom is 0.337 e. The van der Waals surface area contributed by atoms with Crippen molar-refractivity contribution in [2.24, 2.45) is 0 Å². The molecule has 0 heterocycles. The third-order valence-corrected chi connectivity index (χ3v) is 6.72.